The summed E-state index contributed by atoms with van der Waals surface area (Å²) in [6.07, 6.45) is 0.536. The minimum Gasteiger partial charge on any atom is -0.308 e. The molecule has 2 amide bonds. The topological polar surface area (TPSA) is 78.5 Å². The summed E-state index contributed by atoms with van der Waals surface area (Å²) in [5, 5.41) is 4.68. The number of fused-ring (bicyclic) bond motifs is 1. The zero-order valence-corrected chi connectivity index (χ0v) is 17.1. The van der Waals surface area contributed by atoms with E-state index in [1.54, 1.807) is 48.5 Å². The number of rotatable bonds is 4. The number of nitrogens with zero attached hydrogens (tertiary/aromatic N) is 1. The minimum atomic E-state index is -3.64. The van der Waals surface area contributed by atoms with Crippen LogP contribution in [0.15, 0.2) is 71.6 Å². The maximum atomic E-state index is 13.7. The molecule has 0 aliphatic carbocycles. The maximum Gasteiger partial charge on any atom is 0.323 e. The summed E-state index contributed by atoms with van der Waals surface area (Å²) >= 11 is 0. The van der Waals surface area contributed by atoms with Gasteiger partial charge in [0.25, 0.3) is 0 Å². The van der Waals surface area contributed by atoms with Gasteiger partial charge < -0.3 is 10.6 Å². The number of carbonyl (C=O) groups is 1. The first-order valence-electron chi connectivity index (χ1n) is 9.53. The van der Waals surface area contributed by atoms with E-state index < -0.39 is 33.4 Å². The number of nitrogens with one attached hydrogen (secondary N) is 2. The lowest BCUT2D eigenvalue weighted by Gasteiger charge is -2.28. The molecule has 0 radical (unpaired) electrons. The number of halogens is 2. The second kappa shape index (κ2) is 8.44. The van der Waals surface area contributed by atoms with Crippen LogP contribution in [0.25, 0.3) is 0 Å². The molecule has 6 nitrogen and oxygen atoms in total. The van der Waals surface area contributed by atoms with E-state index in [4.69, 9.17) is 0 Å². The number of para-hydroxylation sites is 1. The Balaban J connectivity index is 1.50. The third-order valence-corrected chi connectivity index (χ3v) is 6.88. The van der Waals surface area contributed by atoms with Crippen LogP contribution in [0.3, 0.4) is 0 Å². The predicted molar refractivity (Wildman–Crippen MR) is 113 cm³/mol. The second-order valence-electron chi connectivity index (χ2n) is 7.06. The van der Waals surface area contributed by atoms with Crippen molar-refractivity contribution >= 4 is 27.4 Å². The molecule has 0 atom stereocenters. The van der Waals surface area contributed by atoms with Gasteiger partial charge in [-0.3, -0.25) is 0 Å². The van der Waals surface area contributed by atoms with Crippen molar-refractivity contribution in [3.8, 4) is 0 Å². The van der Waals surface area contributed by atoms with Crippen LogP contribution in [0.1, 0.15) is 11.1 Å². The molecule has 0 unspecified atom stereocenters. The van der Waals surface area contributed by atoms with Crippen molar-refractivity contribution in [1.29, 1.82) is 0 Å². The first-order valence-corrected chi connectivity index (χ1v) is 11.0. The molecule has 1 aliphatic heterocycles. The number of hydrogen-bond donors (Lipinski definition) is 2. The molecule has 31 heavy (non-hydrogen) atoms. The fourth-order valence-electron chi connectivity index (χ4n) is 3.45. The van der Waals surface area contributed by atoms with Crippen molar-refractivity contribution in [3.05, 3.63) is 89.5 Å². The lowest BCUT2D eigenvalue weighted by molar-refractivity contribution is 0.262. The van der Waals surface area contributed by atoms with Crippen LogP contribution in [0.4, 0.5) is 25.0 Å². The zero-order valence-electron chi connectivity index (χ0n) is 16.3. The van der Waals surface area contributed by atoms with Crippen LogP contribution < -0.4 is 10.6 Å². The number of carbonyl (C=O) groups excluding carboxylic acids is 1. The molecule has 3 aromatic rings. The van der Waals surface area contributed by atoms with E-state index in [0.717, 1.165) is 23.3 Å². The van der Waals surface area contributed by atoms with Crippen molar-refractivity contribution in [2.24, 2.45) is 0 Å². The van der Waals surface area contributed by atoms with Gasteiger partial charge in [0.2, 0.25) is 10.0 Å². The third kappa shape index (κ3) is 4.42. The molecule has 0 saturated carbocycles. The molecule has 0 bridgehead atoms. The molecule has 0 saturated heterocycles. The SMILES string of the molecule is O=C(Nc1ccc2c(c1)CN(S(=O)(=O)c1ccccc1)CC2)Nc1c(F)cccc1F. The average Bonchev–Trinajstić information content (AvgIpc) is 2.76. The molecular formula is C22H19F2N3O3S. The average molecular weight is 443 g/mol. The van der Waals surface area contributed by atoms with Crippen LogP contribution in [0.2, 0.25) is 0 Å². The van der Waals surface area contributed by atoms with Gasteiger partial charge in [-0.05, 0) is 53.9 Å². The highest BCUT2D eigenvalue weighted by Gasteiger charge is 2.28. The van der Waals surface area contributed by atoms with Crippen molar-refractivity contribution < 1.29 is 22.0 Å². The van der Waals surface area contributed by atoms with E-state index in [0.29, 0.717) is 18.7 Å². The van der Waals surface area contributed by atoms with E-state index in [-0.39, 0.29) is 11.4 Å². The highest BCUT2D eigenvalue weighted by Crippen LogP contribution is 2.27. The van der Waals surface area contributed by atoms with Crippen LogP contribution in [-0.2, 0) is 23.0 Å². The molecule has 9 heteroatoms. The lowest BCUT2D eigenvalue weighted by atomic mass is 10.0. The summed E-state index contributed by atoms with van der Waals surface area (Å²) in [5.41, 5.74) is 1.57. The molecule has 160 valence electrons. The first kappa shape index (κ1) is 21.0. The number of urea groups is 1. The van der Waals surface area contributed by atoms with Gasteiger partial charge in [-0.25, -0.2) is 22.0 Å². The fraction of sp³-hybridized carbons (Fsp3) is 0.136. The van der Waals surface area contributed by atoms with Gasteiger partial charge in [-0.15, -0.1) is 0 Å². The normalized spacial score (nSPS) is 14.0. The Morgan fingerprint density at radius 1 is 0.871 bits per heavy atom. The smallest absolute Gasteiger partial charge is 0.308 e. The van der Waals surface area contributed by atoms with Crippen LogP contribution >= 0.6 is 0 Å². The summed E-state index contributed by atoms with van der Waals surface area (Å²) < 4.78 is 54.6. The molecule has 1 heterocycles. The molecule has 1 aliphatic rings. The van der Waals surface area contributed by atoms with Crippen molar-refractivity contribution in [2.45, 2.75) is 17.9 Å². The summed E-state index contributed by atoms with van der Waals surface area (Å²) in [5.74, 6) is -1.77. The fourth-order valence-corrected chi connectivity index (χ4v) is 4.89. The van der Waals surface area contributed by atoms with Gasteiger partial charge in [-0.1, -0.05) is 30.3 Å². The second-order valence-corrected chi connectivity index (χ2v) is 9.00. The lowest BCUT2D eigenvalue weighted by Crippen LogP contribution is -2.36. The predicted octanol–water partition coefficient (Wildman–Crippen LogP) is 4.36. The monoisotopic (exact) mass is 443 g/mol. The quantitative estimate of drug-likeness (QED) is 0.629. The first-order chi connectivity index (χ1) is 14.8. The standard InChI is InChI=1S/C22H19F2N3O3S/c23-19-7-4-8-20(24)21(19)26-22(28)25-17-10-9-15-11-12-27(14-16(15)13-17)31(29,30)18-5-2-1-3-6-18/h1-10,13H,11-12,14H2,(H2,25,26,28). The van der Waals surface area contributed by atoms with E-state index >= 15 is 0 Å². The summed E-state index contributed by atoms with van der Waals surface area (Å²) in [7, 11) is -3.64. The van der Waals surface area contributed by atoms with Gasteiger partial charge in [-0.2, -0.15) is 4.31 Å². The van der Waals surface area contributed by atoms with Crippen LogP contribution in [0, 0.1) is 11.6 Å². The zero-order chi connectivity index (χ0) is 22.0. The molecule has 0 spiro atoms. The number of amides is 2. The Bertz CT molecular complexity index is 1210. The van der Waals surface area contributed by atoms with Gasteiger partial charge in [0.05, 0.1) is 4.90 Å². The summed E-state index contributed by atoms with van der Waals surface area (Å²) in [6.45, 7) is 0.510. The Hall–Kier alpha value is -3.30. The Morgan fingerprint density at radius 3 is 2.29 bits per heavy atom. The van der Waals surface area contributed by atoms with Gasteiger partial charge in [0.15, 0.2) is 0 Å². The van der Waals surface area contributed by atoms with Crippen molar-refractivity contribution in [1.82, 2.24) is 4.31 Å². The number of anilines is 2. The molecule has 2 N–H and O–H groups in total. The Kier molecular flexibility index (Phi) is 5.71. The van der Waals surface area contributed by atoms with Crippen molar-refractivity contribution in [3.63, 3.8) is 0 Å². The third-order valence-electron chi connectivity index (χ3n) is 5.02. The molecule has 0 aromatic heterocycles. The molecule has 0 fully saturated rings. The van der Waals surface area contributed by atoms with Gasteiger partial charge in [0.1, 0.15) is 17.3 Å². The Labute approximate surface area is 178 Å². The van der Waals surface area contributed by atoms with Crippen LogP contribution in [0.5, 0.6) is 0 Å². The summed E-state index contributed by atoms with van der Waals surface area (Å²) in [4.78, 5) is 12.4. The molecular weight excluding hydrogens is 424 g/mol. The van der Waals surface area contributed by atoms with Crippen LogP contribution in [-0.4, -0.2) is 25.3 Å². The number of hydrogen-bond acceptors (Lipinski definition) is 3. The number of benzene rings is 3. The van der Waals surface area contributed by atoms with Crippen molar-refractivity contribution in [2.75, 3.05) is 17.2 Å². The molecule has 4 rings (SSSR count). The highest BCUT2D eigenvalue weighted by atomic mass is 32.2. The molecule has 3 aromatic carbocycles. The number of sulfonamides is 1. The maximum absolute atomic E-state index is 13.7. The summed E-state index contributed by atoms with van der Waals surface area (Å²) in [6, 6.07) is 15.8. The Morgan fingerprint density at radius 2 is 1.58 bits per heavy atom. The van der Waals surface area contributed by atoms with E-state index in [2.05, 4.69) is 10.6 Å². The largest absolute Gasteiger partial charge is 0.323 e. The van der Waals surface area contributed by atoms with Gasteiger partial charge in [0, 0.05) is 18.8 Å². The van der Waals surface area contributed by atoms with Gasteiger partial charge >= 0.3 is 6.03 Å². The van der Waals surface area contributed by atoms with E-state index in [1.165, 1.54) is 10.4 Å². The highest BCUT2D eigenvalue weighted by molar-refractivity contribution is 7.89. The van der Waals surface area contributed by atoms with E-state index in [1.807, 2.05) is 0 Å². The minimum absolute atomic E-state index is 0.158. The van der Waals surface area contributed by atoms with E-state index in [9.17, 15) is 22.0 Å².